The van der Waals surface area contributed by atoms with Gasteiger partial charge in [-0.3, -0.25) is 4.79 Å². The molecule has 2 aromatic rings. The fourth-order valence-corrected chi connectivity index (χ4v) is 2.50. The van der Waals surface area contributed by atoms with Gasteiger partial charge in [0.05, 0.1) is 0 Å². The molecular formula is C16H19NO2. The highest BCUT2D eigenvalue weighted by Crippen LogP contribution is 2.34. The Morgan fingerprint density at radius 3 is 2.79 bits per heavy atom. The van der Waals surface area contributed by atoms with Gasteiger partial charge in [0.25, 0.3) is 0 Å². The average Bonchev–Trinajstić information content (AvgIpc) is 2.88. The first-order valence-corrected chi connectivity index (χ1v) is 6.81. The van der Waals surface area contributed by atoms with Crippen molar-refractivity contribution in [2.24, 2.45) is 5.41 Å². The van der Waals surface area contributed by atoms with Crippen LogP contribution in [0.15, 0.2) is 22.6 Å². The number of amides is 1. The number of anilines is 1. The molecular weight excluding hydrogens is 238 g/mol. The maximum Gasteiger partial charge on any atom is 0.229 e. The Bertz CT molecular complexity index is 647. The molecule has 3 heteroatoms. The van der Waals surface area contributed by atoms with Crippen LogP contribution in [0.2, 0.25) is 0 Å². The van der Waals surface area contributed by atoms with E-state index in [4.69, 9.17) is 4.42 Å². The molecule has 100 valence electrons. The lowest BCUT2D eigenvalue weighted by Gasteiger charge is -2.17. The number of nitrogens with one attached hydrogen (secondary N) is 1. The van der Waals surface area contributed by atoms with Crippen molar-refractivity contribution >= 4 is 22.6 Å². The molecule has 0 saturated heterocycles. The molecule has 1 N–H and O–H groups in total. The van der Waals surface area contributed by atoms with Crippen LogP contribution in [-0.2, 0) is 17.6 Å². The number of benzene rings is 1. The Morgan fingerprint density at radius 2 is 2.05 bits per heavy atom. The van der Waals surface area contributed by atoms with Crippen LogP contribution in [0.4, 0.5) is 5.69 Å². The Morgan fingerprint density at radius 1 is 1.26 bits per heavy atom. The maximum atomic E-state index is 12.0. The smallest absolute Gasteiger partial charge is 0.229 e. The number of hydrogen-bond acceptors (Lipinski definition) is 2. The number of fused-ring (bicyclic) bond motifs is 3. The van der Waals surface area contributed by atoms with Gasteiger partial charge in [0.1, 0.15) is 11.3 Å². The minimum atomic E-state index is -0.382. The number of aryl methyl sites for hydroxylation is 2. The van der Waals surface area contributed by atoms with Gasteiger partial charge in [-0.05, 0) is 31.0 Å². The van der Waals surface area contributed by atoms with Crippen LogP contribution >= 0.6 is 0 Å². The SMILES string of the molecule is CC(C)(C)C(=O)Nc1ccc2oc3c(c2c1)CCC3. The summed E-state index contributed by atoms with van der Waals surface area (Å²) in [5, 5.41) is 4.13. The van der Waals surface area contributed by atoms with Gasteiger partial charge in [0, 0.05) is 28.5 Å². The Balaban J connectivity index is 1.96. The zero-order chi connectivity index (χ0) is 13.6. The van der Waals surface area contributed by atoms with E-state index >= 15 is 0 Å². The van der Waals surface area contributed by atoms with Gasteiger partial charge in [-0.25, -0.2) is 0 Å². The van der Waals surface area contributed by atoms with Crippen LogP contribution < -0.4 is 5.32 Å². The van der Waals surface area contributed by atoms with E-state index < -0.39 is 0 Å². The summed E-state index contributed by atoms with van der Waals surface area (Å²) in [5.74, 6) is 1.15. The summed E-state index contributed by atoms with van der Waals surface area (Å²) >= 11 is 0. The van der Waals surface area contributed by atoms with Gasteiger partial charge >= 0.3 is 0 Å². The fourth-order valence-electron chi connectivity index (χ4n) is 2.50. The molecule has 0 atom stereocenters. The molecule has 1 aliphatic carbocycles. The quantitative estimate of drug-likeness (QED) is 0.841. The Labute approximate surface area is 113 Å². The number of hydrogen-bond donors (Lipinski definition) is 1. The monoisotopic (exact) mass is 257 g/mol. The van der Waals surface area contributed by atoms with E-state index in [2.05, 4.69) is 5.32 Å². The highest BCUT2D eigenvalue weighted by molar-refractivity contribution is 5.97. The second-order valence-electron chi connectivity index (χ2n) is 6.27. The zero-order valence-electron chi connectivity index (χ0n) is 11.7. The lowest BCUT2D eigenvalue weighted by Crippen LogP contribution is -2.27. The molecule has 0 aliphatic heterocycles. The molecule has 0 unspecified atom stereocenters. The van der Waals surface area contributed by atoms with Crippen LogP contribution in [0.5, 0.6) is 0 Å². The van der Waals surface area contributed by atoms with E-state index in [-0.39, 0.29) is 11.3 Å². The van der Waals surface area contributed by atoms with Crippen molar-refractivity contribution in [2.45, 2.75) is 40.0 Å². The van der Waals surface area contributed by atoms with Gasteiger partial charge in [-0.15, -0.1) is 0 Å². The van der Waals surface area contributed by atoms with Crippen molar-refractivity contribution in [3.8, 4) is 0 Å². The van der Waals surface area contributed by atoms with Gasteiger partial charge in [-0.1, -0.05) is 20.8 Å². The molecule has 0 bridgehead atoms. The van der Waals surface area contributed by atoms with Gasteiger partial charge in [0.2, 0.25) is 5.91 Å². The first-order valence-electron chi connectivity index (χ1n) is 6.81. The van der Waals surface area contributed by atoms with Crippen molar-refractivity contribution in [2.75, 3.05) is 5.32 Å². The second-order valence-corrected chi connectivity index (χ2v) is 6.27. The lowest BCUT2D eigenvalue weighted by molar-refractivity contribution is -0.123. The molecule has 0 fully saturated rings. The Hall–Kier alpha value is -1.77. The fraction of sp³-hybridized carbons (Fsp3) is 0.438. The summed E-state index contributed by atoms with van der Waals surface area (Å²) in [6, 6.07) is 5.89. The number of furan rings is 1. The van der Waals surface area contributed by atoms with Crippen LogP contribution in [-0.4, -0.2) is 5.91 Å². The summed E-state index contributed by atoms with van der Waals surface area (Å²) in [5.41, 5.74) is 2.72. The molecule has 0 radical (unpaired) electrons. The second kappa shape index (κ2) is 4.12. The number of carbonyl (C=O) groups excluding carboxylic acids is 1. The number of carbonyl (C=O) groups is 1. The first-order chi connectivity index (χ1) is 8.95. The van der Waals surface area contributed by atoms with Crippen LogP contribution in [0.3, 0.4) is 0 Å². The first kappa shape index (κ1) is 12.3. The van der Waals surface area contributed by atoms with Gasteiger partial charge < -0.3 is 9.73 Å². The standard InChI is InChI=1S/C16H19NO2/c1-16(2,3)15(18)17-10-7-8-14-12(9-10)11-5-4-6-13(11)19-14/h7-9H,4-6H2,1-3H3,(H,17,18). The maximum absolute atomic E-state index is 12.0. The minimum absolute atomic E-state index is 0.0343. The number of rotatable bonds is 1. The highest BCUT2D eigenvalue weighted by atomic mass is 16.3. The third kappa shape index (κ3) is 2.14. The van der Waals surface area contributed by atoms with E-state index in [1.807, 2.05) is 39.0 Å². The predicted octanol–water partition coefficient (Wildman–Crippen LogP) is 3.91. The van der Waals surface area contributed by atoms with Crippen molar-refractivity contribution in [1.82, 2.24) is 0 Å². The summed E-state index contributed by atoms with van der Waals surface area (Å²) in [6.45, 7) is 5.74. The van der Waals surface area contributed by atoms with Crippen LogP contribution in [0.25, 0.3) is 11.0 Å². The lowest BCUT2D eigenvalue weighted by atomic mass is 9.95. The molecule has 0 saturated carbocycles. The predicted molar refractivity (Wildman–Crippen MR) is 76.3 cm³/mol. The molecule has 1 aromatic heterocycles. The van der Waals surface area contributed by atoms with E-state index in [0.29, 0.717) is 0 Å². The third-order valence-electron chi connectivity index (χ3n) is 3.64. The van der Waals surface area contributed by atoms with Crippen molar-refractivity contribution < 1.29 is 9.21 Å². The van der Waals surface area contributed by atoms with Crippen LogP contribution in [0, 0.1) is 5.41 Å². The highest BCUT2D eigenvalue weighted by Gasteiger charge is 2.22. The van der Waals surface area contributed by atoms with E-state index in [0.717, 1.165) is 35.3 Å². The summed E-state index contributed by atoms with van der Waals surface area (Å²) in [4.78, 5) is 12.0. The molecule has 1 aromatic carbocycles. The van der Waals surface area contributed by atoms with E-state index in [1.165, 1.54) is 12.0 Å². The molecule has 1 amide bonds. The summed E-state index contributed by atoms with van der Waals surface area (Å²) < 4.78 is 5.83. The van der Waals surface area contributed by atoms with Gasteiger partial charge in [-0.2, -0.15) is 0 Å². The molecule has 3 rings (SSSR count). The average molecular weight is 257 g/mol. The third-order valence-corrected chi connectivity index (χ3v) is 3.64. The minimum Gasteiger partial charge on any atom is -0.461 e. The zero-order valence-corrected chi connectivity index (χ0v) is 11.7. The molecule has 0 spiro atoms. The molecule has 1 heterocycles. The molecule has 1 aliphatic rings. The van der Waals surface area contributed by atoms with Crippen LogP contribution in [0.1, 0.15) is 38.5 Å². The van der Waals surface area contributed by atoms with E-state index in [1.54, 1.807) is 0 Å². The van der Waals surface area contributed by atoms with Crippen molar-refractivity contribution in [1.29, 1.82) is 0 Å². The van der Waals surface area contributed by atoms with Crippen molar-refractivity contribution in [3.05, 3.63) is 29.5 Å². The summed E-state index contributed by atoms with van der Waals surface area (Å²) in [7, 11) is 0. The Kier molecular flexibility index (Phi) is 2.66. The summed E-state index contributed by atoms with van der Waals surface area (Å²) in [6.07, 6.45) is 3.29. The molecule has 3 nitrogen and oxygen atoms in total. The molecule has 19 heavy (non-hydrogen) atoms. The van der Waals surface area contributed by atoms with Gasteiger partial charge in [0.15, 0.2) is 0 Å². The largest absolute Gasteiger partial charge is 0.461 e. The van der Waals surface area contributed by atoms with Crippen molar-refractivity contribution in [3.63, 3.8) is 0 Å². The normalized spacial score (nSPS) is 14.7. The van der Waals surface area contributed by atoms with E-state index in [9.17, 15) is 4.79 Å². The topological polar surface area (TPSA) is 42.2 Å².